The maximum Gasteiger partial charge on any atom is 0.202 e. The lowest BCUT2D eigenvalue weighted by molar-refractivity contribution is 0.103. The second-order valence-electron chi connectivity index (χ2n) is 5.22. The Bertz CT molecular complexity index is 381. The van der Waals surface area contributed by atoms with Crippen molar-refractivity contribution in [3.63, 3.8) is 0 Å². The smallest absolute Gasteiger partial charge is 0.202 e. The highest BCUT2D eigenvalue weighted by atomic mass is 16.5. The molecule has 0 bridgehead atoms. The molecular weight excluding hydrogens is 242 g/mol. The van der Waals surface area contributed by atoms with Gasteiger partial charge in [0.15, 0.2) is 0 Å². The highest BCUT2D eigenvalue weighted by Crippen LogP contribution is 2.12. The lowest BCUT2D eigenvalue weighted by atomic mass is 10.2. The standard InChI is InChI=1S/C13H25N5O/c1-16-7-8-17(2)12(10-16)11-18-6-4-14-13(18)15-5-9-19-3/h4,6,12H,5,7-11H2,1-3H3,(H,14,15). The van der Waals surface area contributed by atoms with Crippen molar-refractivity contribution in [2.45, 2.75) is 12.6 Å². The van der Waals surface area contributed by atoms with Gasteiger partial charge in [-0.15, -0.1) is 0 Å². The zero-order valence-corrected chi connectivity index (χ0v) is 12.2. The summed E-state index contributed by atoms with van der Waals surface area (Å²) in [5.41, 5.74) is 0. The molecule has 0 radical (unpaired) electrons. The fourth-order valence-corrected chi connectivity index (χ4v) is 2.41. The van der Waals surface area contributed by atoms with Crippen LogP contribution in [0, 0.1) is 0 Å². The Labute approximate surface area is 115 Å². The molecule has 1 aliphatic rings. The molecule has 0 aromatic carbocycles. The topological polar surface area (TPSA) is 45.6 Å². The van der Waals surface area contributed by atoms with E-state index in [1.807, 2.05) is 12.4 Å². The number of nitrogens with zero attached hydrogens (tertiary/aromatic N) is 4. The number of anilines is 1. The average Bonchev–Trinajstić information content (AvgIpc) is 2.82. The second-order valence-corrected chi connectivity index (χ2v) is 5.22. The lowest BCUT2D eigenvalue weighted by Crippen LogP contribution is -2.51. The van der Waals surface area contributed by atoms with Crippen molar-refractivity contribution in [1.29, 1.82) is 0 Å². The summed E-state index contributed by atoms with van der Waals surface area (Å²) < 4.78 is 7.24. The molecule has 0 amide bonds. The summed E-state index contributed by atoms with van der Waals surface area (Å²) in [7, 11) is 6.10. The number of ether oxygens (including phenoxy) is 1. The van der Waals surface area contributed by atoms with Crippen molar-refractivity contribution in [2.75, 3.05) is 59.3 Å². The van der Waals surface area contributed by atoms with Crippen LogP contribution in [0.5, 0.6) is 0 Å². The number of aromatic nitrogens is 2. The number of piperazine rings is 1. The predicted molar refractivity (Wildman–Crippen MR) is 76.5 cm³/mol. The number of rotatable bonds is 6. The first-order valence-electron chi connectivity index (χ1n) is 6.83. The van der Waals surface area contributed by atoms with Crippen LogP contribution in [0.2, 0.25) is 0 Å². The Morgan fingerprint density at radius 2 is 2.26 bits per heavy atom. The van der Waals surface area contributed by atoms with Gasteiger partial charge in [-0.25, -0.2) is 4.98 Å². The van der Waals surface area contributed by atoms with E-state index in [9.17, 15) is 0 Å². The fourth-order valence-electron chi connectivity index (χ4n) is 2.41. The van der Waals surface area contributed by atoms with Crippen molar-refractivity contribution in [3.05, 3.63) is 12.4 Å². The zero-order valence-electron chi connectivity index (χ0n) is 12.2. The highest BCUT2D eigenvalue weighted by Gasteiger charge is 2.22. The number of nitrogens with one attached hydrogen (secondary N) is 1. The van der Waals surface area contributed by atoms with Gasteiger partial charge in [0.25, 0.3) is 0 Å². The van der Waals surface area contributed by atoms with E-state index in [0.717, 1.165) is 38.7 Å². The summed E-state index contributed by atoms with van der Waals surface area (Å²) in [4.78, 5) is 9.18. The normalized spacial score (nSPS) is 21.7. The van der Waals surface area contributed by atoms with Gasteiger partial charge in [-0.2, -0.15) is 0 Å². The molecule has 1 fully saturated rings. The summed E-state index contributed by atoms with van der Waals surface area (Å²) in [6, 6.07) is 0.538. The van der Waals surface area contributed by atoms with E-state index in [1.54, 1.807) is 7.11 Å². The van der Waals surface area contributed by atoms with Crippen LogP contribution < -0.4 is 5.32 Å². The molecule has 0 saturated carbocycles. The first kappa shape index (κ1) is 14.3. The number of imidazole rings is 1. The maximum absolute atomic E-state index is 5.05. The highest BCUT2D eigenvalue weighted by molar-refractivity contribution is 5.25. The third kappa shape index (κ3) is 3.92. The molecule has 1 N–H and O–H groups in total. The average molecular weight is 267 g/mol. The maximum atomic E-state index is 5.05. The SMILES string of the molecule is COCCNc1nccn1CC1CN(C)CCN1C. The Hall–Kier alpha value is -1.11. The number of hydrogen-bond donors (Lipinski definition) is 1. The minimum absolute atomic E-state index is 0.538. The summed E-state index contributed by atoms with van der Waals surface area (Å²) in [5.74, 6) is 0.929. The van der Waals surface area contributed by atoms with Gasteiger partial charge >= 0.3 is 0 Å². The molecule has 1 aromatic heterocycles. The van der Waals surface area contributed by atoms with Crippen LogP contribution >= 0.6 is 0 Å². The van der Waals surface area contributed by atoms with Crippen LogP contribution in [0.3, 0.4) is 0 Å². The molecule has 19 heavy (non-hydrogen) atoms. The molecule has 1 atom stereocenters. The van der Waals surface area contributed by atoms with Gasteiger partial charge in [0.1, 0.15) is 0 Å². The van der Waals surface area contributed by atoms with Gasteiger partial charge in [0.05, 0.1) is 6.61 Å². The largest absolute Gasteiger partial charge is 0.383 e. The Morgan fingerprint density at radius 3 is 3.05 bits per heavy atom. The van der Waals surface area contributed by atoms with Gasteiger partial charge in [0.2, 0.25) is 5.95 Å². The molecule has 108 valence electrons. The summed E-state index contributed by atoms with van der Waals surface area (Å²) in [6.07, 6.45) is 3.89. The summed E-state index contributed by atoms with van der Waals surface area (Å²) in [5, 5.41) is 3.30. The Balaban J connectivity index is 1.92. The molecule has 1 aliphatic heterocycles. The van der Waals surface area contributed by atoms with Gasteiger partial charge in [-0.3, -0.25) is 4.90 Å². The van der Waals surface area contributed by atoms with Gasteiger partial charge in [-0.1, -0.05) is 0 Å². The fraction of sp³-hybridized carbons (Fsp3) is 0.769. The van der Waals surface area contributed by atoms with Crippen LogP contribution in [-0.4, -0.2) is 79.4 Å². The van der Waals surface area contributed by atoms with Crippen LogP contribution in [-0.2, 0) is 11.3 Å². The van der Waals surface area contributed by atoms with E-state index in [2.05, 4.69) is 38.8 Å². The van der Waals surface area contributed by atoms with E-state index in [1.165, 1.54) is 0 Å². The molecule has 1 unspecified atom stereocenters. The Kier molecular flexibility index (Phi) is 5.18. The molecule has 2 heterocycles. The van der Waals surface area contributed by atoms with Crippen molar-refractivity contribution < 1.29 is 4.74 Å². The molecule has 1 saturated heterocycles. The molecular formula is C13H25N5O. The minimum atomic E-state index is 0.538. The van der Waals surface area contributed by atoms with Gasteiger partial charge in [-0.05, 0) is 14.1 Å². The molecule has 0 spiro atoms. The third-order valence-electron chi connectivity index (χ3n) is 3.69. The first-order valence-corrected chi connectivity index (χ1v) is 6.83. The van der Waals surface area contributed by atoms with Crippen molar-refractivity contribution in [2.24, 2.45) is 0 Å². The molecule has 1 aromatic rings. The van der Waals surface area contributed by atoms with Gasteiger partial charge in [0, 0.05) is 58.3 Å². The number of likely N-dealkylation sites (N-methyl/N-ethyl adjacent to an activating group) is 2. The monoisotopic (exact) mass is 267 g/mol. The van der Waals surface area contributed by atoms with E-state index in [0.29, 0.717) is 12.6 Å². The van der Waals surface area contributed by atoms with Gasteiger partial charge < -0.3 is 19.5 Å². The van der Waals surface area contributed by atoms with Crippen LogP contribution in [0.4, 0.5) is 5.95 Å². The predicted octanol–water partition coefficient (Wildman–Crippen LogP) is 0.187. The van der Waals surface area contributed by atoms with Crippen molar-refractivity contribution in [1.82, 2.24) is 19.4 Å². The zero-order chi connectivity index (χ0) is 13.7. The second kappa shape index (κ2) is 6.88. The molecule has 2 rings (SSSR count). The van der Waals surface area contributed by atoms with Crippen LogP contribution in [0.1, 0.15) is 0 Å². The quantitative estimate of drug-likeness (QED) is 0.745. The Morgan fingerprint density at radius 1 is 1.42 bits per heavy atom. The van der Waals surface area contributed by atoms with E-state index in [-0.39, 0.29) is 0 Å². The summed E-state index contributed by atoms with van der Waals surface area (Å²) >= 11 is 0. The minimum Gasteiger partial charge on any atom is -0.383 e. The molecule has 6 heteroatoms. The molecule has 6 nitrogen and oxygen atoms in total. The number of hydrogen-bond acceptors (Lipinski definition) is 5. The third-order valence-corrected chi connectivity index (χ3v) is 3.69. The van der Waals surface area contributed by atoms with E-state index in [4.69, 9.17) is 4.74 Å². The summed E-state index contributed by atoms with van der Waals surface area (Å²) in [6.45, 7) is 5.83. The lowest BCUT2D eigenvalue weighted by Gasteiger charge is -2.38. The van der Waals surface area contributed by atoms with Crippen molar-refractivity contribution in [3.8, 4) is 0 Å². The van der Waals surface area contributed by atoms with E-state index >= 15 is 0 Å². The number of methoxy groups -OCH3 is 1. The van der Waals surface area contributed by atoms with Crippen molar-refractivity contribution >= 4 is 5.95 Å². The van der Waals surface area contributed by atoms with E-state index < -0.39 is 0 Å². The molecule has 0 aliphatic carbocycles. The van der Waals surface area contributed by atoms with Crippen LogP contribution in [0.25, 0.3) is 0 Å². The van der Waals surface area contributed by atoms with Crippen LogP contribution in [0.15, 0.2) is 12.4 Å². The first-order chi connectivity index (χ1) is 9.20.